The number of carboxylic acids is 3. The normalized spacial score (nSPS) is 17.0. The second kappa shape index (κ2) is 50.3. The minimum absolute atomic E-state index is 0.104. The molecule has 0 aliphatic carbocycles. The molecule has 5 aromatic carbocycles. The topological polar surface area (TPSA) is 609 Å². The number of unbranched alkanes of at least 4 members (excludes halogenated alkanes) is 1. The third-order valence-electron chi connectivity index (χ3n) is 23.0. The highest BCUT2D eigenvalue weighted by Crippen LogP contribution is 2.28. The minimum Gasteiger partial charge on any atom is -0.508 e. The first-order chi connectivity index (χ1) is 64.0. The van der Waals surface area contributed by atoms with Crippen LogP contribution in [-0.4, -0.2) is 310 Å². The zero-order valence-corrected chi connectivity index (χ0v) is 75.7. The molecule has 8 rings (SSSR count). The van der Waals surface area contributed by atoms with Crippen molar-refractivity contribution in [3.8, 4) is 5.75 Å². The average Bonchev–Trinajstić information content (AvgIpc) is 1.74. The Labute approximate surface area is 777 Å². The maximum Gasteiger partial charge on any atom is 0.305 e. The van der Waals surface area contributed by atoms with Crippen molar-refractivity contribution >= 4 is 130 Å². The Bertz CT molecular complexity index is 5250. The number of aliphatic carboxylic acids is 3. The van der Waals surface area contributed by atoms with Crippen LogP contribution >= 0.6 is 11.8 Å². The molecule has 1 unspecified atom stereocenters. The number of halogens is 3. The van der Waals surface area contributed by atoms with Gasteiger partial charge in [-0.2, -0.15) is 0 Å². The number of likely N-dealkylation sites (N-methyl/N-ethyl adjacent to an activating group) is 3. The zero-order chi connectivity index (χ0) is 99.4. The van der Waals surface area contributed by atoms with Gasteiger partial charge in [0.05, 0.1) is 49.4 Å². The Morgan fingerprint density at radius 1 is 0.541 bits per heavy atom. The molecule has 15 atom stereocenters. The number of rotatable bonds is 50. The standard InChI is InChI=1S/C91H113F3N16O24S/c1-7-8-23-69(90(133)110-44-57(114)38-71(110)86(129)103-66(40-77(121)122)84(127)105-79(48(2)3)91(134)106(4)54(45-111)30-49-17-11-9-12-18-49)107(5)89(132)72(35-50-19-13-10-14-20-50)108(6)88(131)67(34-52-31-59(92)78(94)60(93)32-52)99-74(116)47-135-46-68(80(123)98-42-73(96)115)104-81(124)63(28-29-75(117)118)100-82(125)64(33-51-24-26-55(112)27-25-51)101-83(126)65(36-53-41-97-62-22-16-15-21-58(53)62)102-85(128)70-37-56(113)43-109(70)87(130)61(95)39-76(119)120/h9-22,24-27,31-32,41,45,48,54,56-57,61,63-72,79,97,112-114H,7-8,23,28-30,33-40,42-44,46-47,95H2,1-6H3,(H2,96,115)(H,98,123)(H,99,116)(H,100,125)(H,101,126)(H,102,128)(H,103,129)(H,104,124)(H,105,127)(H,117,118)(H,119,120)(H,121,122)/t54?,56-,57-,61+,63+,64+,65+,66+,67+,68+,69+,70-,71-,72+,79+/m1/s1. The van der Waals surface area contributed by atoms with Gasteiger partial charge in [0.2, 0.25) is 82.7 Å². The van der Waals surface area contributed by atoms with E-state index in [2.05, 4.69) is 47.5 Å². The molecule has 40 nitrogen and oxygen atoms in total. The highest BCUT2D eigenvalue weighted by molar-refractivity contribution is 8.00. The second-order valence-electron chi connectivity index (χ2n) is 33.5. The number of nitrogens with one attached hydrogen (secondary N) is 9. The van der Waals surface area contributed by atoms with Gasteiger partial charge in [0.1, 0.15) is 78.5 Å². The van der Waals surface area contributed by atoms with Gasteiger partial charge in [0, 0.05) is 102 Å². The molecular formula is C91H113F3N16O24S. The number of β-amino-alcohol motifs (C(OH)–C–C–N with tert-alkyl or cyclic N) is 2. The van der Waals surface area contributed by atoms with Gasteiger partial charge in [-0.15, -0.1) is 11.8 Å². The molecule has 2 aliphatic heterocycles. The van der Waals surface area contributed by atoms with Crippen molar-refractivity contribution in [3.63, 3.8) is 0 Å². The van der Waals surface area contributed by atoms with Gasteiger partial charge in [-0.25, -0.2) is 13.2 Å². The van der Waals surface area contributed by atoms with Gasteiger partial charge in [0.25, 0.3) is 0 Å². The first-order valence-corrected chi connectivity index (χ1v) is 44.6. The molecule has 3 heterocycles. The van der Waals surface area contributed by atoms with Crippen molar-refractivity contribution in [1.29, 1.82) is 0 Å². The number of carbonyl (C=O) groups is 18. The second-order valence-corrected chi connectivity index (χ2v) is 34.5. The number of aliphatic hydroxyl groups is 2. The van der Waals surface area contributed by atoms with Gasteiger partial charge < -0.3 is 119 Å². The first-order valence-electron chi connectivity index (χ1n) is 43.4. The number of benzene rings is 5. The third-order valence-corrected chi connectivity index (χ3v) is 24.0. The molecule has 135 heavy (non-hydrogen) atoms. The molecule has 1 aromatic heterocycles. The van der Waals surface area contributed by atoms with Gasteiger partial charge >= 0.3 is 17.9 Å². The highest BCUT2D eigenvalue weighted by atomic mass is 32.2. The van der Waals surface area contributed by atoms with E-state index in [4.69, 9.17) is 11.5 Å². The van der Waals surface area contributed by atoms with E-state index < -0.39 is 303 Å². The summed E-state index contributed by atoms with van der Waals surface area (Å²) in [6, 6.07) is 8.12. The number of hydrogen-bond donors (Lipinski definition) is 17. The predicted molar refractivity (Wildman–Crippen MR) is 479 cm³/mol. The van der Waals surface area contributed by atoms with Crippen LogP contribution in [0.15, 0.2) is 128 Å². The summed E-state index contributed by atoms with van der Waals surface area (Å²) in [5, 5.41) is 81.8. The molecule has 0 radical (unpaired) electrons. The quantitative estimate of drug-likeness (QED) is 0.0163. The molecule has 44 heteroatoms. The molecule has 0 saturated carbocycles. The van der Waals surface area contributed by atoms with E-state index in [1.54, 1.807) is 106 Å². The SMILES string of the molecule is CCCC[C@@H](C(=O)N1C[C@H](O)C[C@@H]1C(=O)N[C@@H](CC(=O)O)C(=O)N[C@H](C(=O)N(C)C(C=O)Cc1ccccc1)C(C)C)N(C)C(=O)[C@H](Cc1ccccc1)N(C)C(=O)[C@H](Cc1cc(F)c(F)c(F)c1)NC(=O)CSC[C@H](NC(=O)[C@H](CCC(=O)O)NC(=O)[C@H](Cc1ccc(O)cc1)NC(=O)[C@H](Cc1c[nH]c2ccccc12)NC(=O)[C@H]1C[C@@H](O)CN1C(=O)[C@@H](N)CC(=O)O)C(=O)NCC(N)=O. The average molecular weight is 1900 g/mol. The molecule has 728 valence electrons. The monoisotopic (exact) mass is 1900 g/mol. The number of aromatic amines is 1. The molecule has 6 aromatic rings. The zero-order valence-electron chi connectivity index (χ0n) is 74.8. The Balaban J connectivity index is 1.03. The molecule has 19 N–H and O–H groups in total. The number of aromatic hydroxyl groups is 1. The van der Waals surface area contributed by atoms with Crippen LogP contribution in [0.5, 0.6) is 5.75 Å². The number of phenolic OH excluding ortho intramolecular Hbond substituents is 1. The van der Waals surface area contributed by atoms with Crippen molar-refractivity contribution in [1.82, 2.24) is 72.0 Å². The molecular weight excluding hydrogens is 1790 g/mol. The summed E-state index contributed by atoms with van der Waals surface area (Å²) >= 11 is 0.546. The summed E-state index contributed by atoms with van der Waals surface area (Å²) < 4.78 is 45.0. The Morgan fingerprint density at radius 2 is 1.05 bits per heavy atom. The van der Waals surface area contributed by atoms with E-state index in [1.165, 1.54) is 44.6 Å². The fourth-order valence-electron chi connectivity index (χ4n) is 15.7. The molecule has 14 amide bonds. The number of H-pyrrole nitrogens is 1. The van der Waals surface area contributed by atoms with Crippen molar-refractivity contribution in [3.05, 3.63) is 173 Å². The molecule has 2 fully saturated rings. The largest absolute Gasteiger partial charge is 0.508 e. The van der Waals surface area contributed by atoms with Gasteiger partial charge in [-0.05, 0) is 83.3 Å². The molecule has 2 saturated heterocycles. The van der Waals surface area contributed by atoms with Gasteiger partial charge in [0.15, 0.2) is 17.5 Å². The Morgan fingerprint density at radius 3 is 1.61 bits per heavy atom. The predicted octanol–water partition coefficient (Wildman–Crippen LogP) is -0.876. The number of fused-ring (bicyclic) bond motifs is 1. The van der Waals surface area contributed by atoms with Gasteiger partial charge in [-0.3, -0.25) is 81.5 Å². The highest BCUT2D eigenvalue weighted by Gasteiger charge is 2.48. The number of carbonyl (C=O) groups excluding carboxylic acids is 15. The van der Waals surface area contributed by atoms with E-state index >= 15 is 28.0 Å². The van der Waals surface area contributed by atoms with E-state index in [-0.39, 0.29) is 43.4 Å². The van der Waals surface area contributed by atoms with E-state index in [0.29, 0.717) is 64.2 Å². The Hall–Kier alpha value is -13.9. The van der Waals surface area contributed by atoms with E-state index in [0.717, 1.165) is 31.5 Å². The number of aliphatic hydroxyl groups excluding tert-OH is 2. The summed E-state index contributed by atoms with van der Waals surface area (Å²) in [5.74, 6) is -27.4. The summed E-state index contributed by atoms with van der Waals surface area (Å²) in [4.78, 5) is 259. The smallest absolute Gasteiger partial charge is 0.305 e. The molecule has 0 spiro atoms. The number of likely N-dealkylation sites (tertiary alicyclic amines) is 2. The third kappa shape index (κ3) is 30.6. The number of thioether (sulfide) groups is 1. The number of primary amides is 1. The summed E-state index contributed by atoms with van der Waals surface area (Å²) in [5.41, 5.74) is 13.2. The number of hydrogen-bond acceptors (Lipinski definition) is 23. The van der Waals surface area contributed by atoms with Crippen molar-refractivity contribution in [2.75, 3.05) is 52.3 Å². The molecule has 2 aliphatic rings. The summed E-state index contributed by atoms with van der Waals surface area (Å²) in [6.45, 7) is 3.04. The number of nitrogens with zero attached hydrogens (tertiary/aromatic N) is 5. The number of aromatic nitrogens is 1. The first kappa shape index (κ1) is 106. The van der Waals surface area contributed by atoms with Crippen LogP contribution < -0.4 is 54.0 Å². The lowest BCUT2D eigenvalue weighted by molar-refractivity contribution is -0.152. The molecule has 0 bridgehead atoms. The van der Waals surface area contributed by atoms with Crippen LogP contribution in [-0.2, 0) is 118 Å². The van der Waals surface area contributed by atoms with Crippen LogP contribution in [0.1, 0.15) is 106 Å². The fraction of sp³-hybridized carbons (Fsp3) is 0.451. The number of aldehydes is 1. The maximum atomic E-state index is 15.6. The van der Waals surface area contributed by atoms with Crippen LogP contribution in [0.3, 0.4) is 0 Å². The number of nitrogens with two attached hydrogens (primary N) is 2. The lowest BCUT2D eigenvalue weighted by Crippen LogP contribution is -2.61. The van der Waals surface area contributed by atoms with Crippen molar-refractivity contribution in [2.24, 2.45) is 17.4 Å². The summed E-state index contributed by atoms with van der Waals surface area (Å²) in [6.07, 6.45) is -6.50. The van der Waals surface area contributed by atoms with Crippen molar-refractivity contribution in [2.45, 2.75) is 201 Å². The number of para-hydroxylation sites is 1. The number of amides is 14. The Kier molecular flexibility index (Phi) is 39.7. The maximum absolute atomic E-state index is 15.6. The minimum atomic E-state index is -1.97. The van der Waals surface area contributed by atoms with Crippen LogP contribution in [0.2, 0.25) is 0 Å². The van der Waals surface area contributed by atoms with Crippen LogP contribution in [0.4, 0.5) is 13.2 Å². The lowest BCUT2D eigenvalue weighted by Gasteiger charge is -2.38. The van der Waals surface area contributed by atoms with E-state index in [9.17, 15) is 102 Å². The van der Waals surface area contributed by atoms with Gasteiger partial charge in [-0.1, -0.05) is 125 Å². The fourth-order valence-corrected chi connectivity index (χ4v) is 16.6. The van der Waals surface area contributed by atoms with E-state index in [1.807, 2.05) is 0 Å². The lowest BCUT2D eigenvalue weighted by atomic mass is 9.99. The van der Waals surface area contributed by atoms with Crippen LogP contribution in [0, 0.1) is 23.4 Å². The number of carboxylic acid groups (broad SMARTS) is 3. The van der Waals surface area contributed by atoms with Crippen molar-refractivity contribution < 1.29 is 130 Å². The summed E-state index contributed by atoms with van der Waals surface area (Å²) in [7, 11) is 3.68. The van der Waals surface area contributed by atoms with Crippen LogP contribution in [0.25, 0.3) is 10.9 Å². The number of phenols is 1.